The molecule has 1 aliphatic heterocycles. The number of hydrogen-bond acceptors (Lipinski definition) is 4. The van der Waals surface area contributed by atoms with Crippen LogP contribution < -0.4 is 5.32 Å². The number of carbonyl (C=O) groups excluding carboxylic acids is 3. The van der Waals surface area contributed by atoms with Gasteiger partial charge in [-0.05, 0) is 37.3 Å². The zero-order chi connectivity index (χ0) is 18.3. The molecule has 0 aromatic heterocycles. The van der Waals surface area contributed by atoms with E-state index in [9.17, 15) is 14.4 Å². The fourth-order valence-corrected chi connectivity index (χ4v) is 3.58. The van der Waals surface area contributed by atoms with Gasteiger partial charge >= 0.3 is 0 Å². The molecule has 1 N–H and O–H groups in total. The maximum atomic E-state index is 12.8. The summed E-state index contributed by atoms with van der Waals surface area (Å²) in [6.07, 6.45) is 3.61. The van der Waals surface area contributed by atoms with Gasteiger partial charge in [0.05, 0.1) is 12.6 Å². The Morgan fingerprint density at radius 1 is 1.23 bits per heavy atom. The lowest BCUT2D eigenvalue weighted by Gasteiger charge is -2.25. The summed E-state index contributed by atoms with van der Waals surface area (Å²) in [4.78, 5) is 41.0. The summed E-state index contributed by atoms with van der Waals surface area (Å²) < 4.78 is 0. The van der Waals surface area contributed by atoms with Crippen molar-refractivity contribution in [2.45, 2.75) is 43.8 Å². The second-order valence-corrected chi connectivity index (χ2v) is 7.06. The third kappa shape index (κ3) is 2.92. The van der Waals surface area contributed by atoms with Gasteiger partial charge in [0.25, 0.3) is 5.91 Å². The molecule has 3 aliphatic rings. The molecular formula is C19H20N4O3. The molecule has 0 radical (unpaired) electrons. The minimum absolute atomic E-state index is 0.0400. The largest absolute Gasteiger partial charge is 0.345 e. The number of benzene rings is 1. The van der Waals surface area contributed by atoms with Crippen molar-refractivity contribution in [1.82, 2.24) is 15.1 Å². The molecule has 26 heavy (non-hydrogen) atoms. The second-order valence-electron chi connectivity index (χ2n) is 7.06. The van der Waals surface area contributed by atoms with Gasteiger partial charge in [0.1, 0.15) is 12.6 Å². The first kappa shape index (κ1) is 16.6. The summed E-state index contributed by atoms with van der Waals surface area (Å²) in [5.74, 6) is -0.701. The second kappa shape index (κ2) is 6.45. The molecule has 7 nitrogen and oxygen atoms in total. The van der Waals surface area contributed by atoms with Crippen LogP contribution in [-0.2, 0) is 9.59 Å². The summed E-state index contributed by atoms with van der Waals surface area (Å²) in [6, 6.07) is 8.70. The number of rotatable bonds is 6. The van der Waals surface area contributed by atoms with Crippen molar-refractivity contribution in [2.24, 2.45) is 0 Å². The normalized spacial score (nSPS) is 21.1. The van der Waals surface area contributed by atoms with E-state index in [2.05, 4.69) is 5.32 Å². The van der Waals surface area contributed by atoms with Crippen molar-refractivity contribution in [3.63, 3.8) is 0 Å². The van der Waals surface area contributed by atoms with E-state index in [0.717, 1.165) is 25.7 Å². The summed E-state index contributed by atoms with van der Waals surface area (Å²) >= 11 is 0. The van der Waals surface area contributed by atoms with Crippen LogP contribution >= 0.6 is 0 Å². The fourth-order valence-electron chi connectivity index (χ4n) is 3.58. The monoisotopic (exact) mass is 352 g/mol. The maximum absolute atomic E-state index is 12.8. The van der Waals surface area contributed by atoms with Crippen LogP contribution in [0.5, 0.6) is 0 Å². The minimum atomic E-state index is -0.677. The van der Waals surface area contributed by atoms with E-state index >= 15 is 0 Å². The highest BCUT2D eigenvalue weighted by Crippen LogP contribution is 2.41. The molecule has 2 fully saturated rings. The fraction of sp³-hybridized carbons (Fsp3) is 0.474. The molecule has 7 heteroatoms. The molecule has 1 heterocycles. The Bertz CT molecular complexity index is 807. The van der Waals surface area contributed by atoms with Gasteiger partial charge < -0.3 is 15.1 Å². The van der Waals surface area contributed by atoms with Crippen LogP contribution in [0.3, 0.4) is 0 Å². The average molecular weight is 352 g/mol. The molecule has 1 aromatic carbocycles. The van der Waals surface area contributed by atoms with Crippen molar-refractivity contribution >= 4 is 17.7 Å². The number of nitrogens with one attached hydrogen (secondary N) is 1. The lowest BCUT2D eigenvalue weighted by atomic mass is 10.0. The molecule has 4 rings (SSSR count). The Morgan fingerprint density at radius 2 is 1.96 bits per heavy atom. The number of carbonyl (C=O) groups is 3. The molecule has 2 aliphatic carbocycles. The third-order valence-electron chi connectivity index (χ3n) is 5.15. The predicted octanol–water partition coefficient (Wildman–Crippen LogP) is 0.977. The van der Waals surface area contributed by atoms with Crippen LogP contribution in [0.25, 0.3) is 0 Å². The van der Waals surface area contributed by atoms with Gasteiger partial charge in [0.2, 0.25) is 11.8 Å². The van der Waals surface area contributed by atoms with Crippen LogP contribution in [0.2, 0.25) is 0 Å². The zero-order valence-electron chi connectivity index (χ0n) is 14.4. The van der Waals surface area contributed by atoms with Crippen molar-refractivity contribution in [3.8, 4) is 6.07 Å². The van der Waals surface area contributed by atoms with Crippen molar-refractivity contribution < 1.29 is 14.4 Å². The maximum Gasteiger partial charge on any atom is 0.255 e. The van der Waals surface area contributed by atoms with E-state index in [-0.39, 0.29) is 42.9 Å². The van der Waals surface area contributed by atoms with Crippen molar-refractivity contribution in [3.05, 3.63) is 35.4 Å². The van der Waals surface area contributed by atoms with Gasteiger partial charge in [-0.25, -0.2) is 0 Å². The van der Waals surface area contributed by atoms with Gasteiger partial charge in [0, 0.05) is 17.6 Å². The van der Waals surface area contributed by atoms with E-state index < -0.39 is 6.04 Å². The molecule has 0 spiro atoms. The van der Waals surface area contributed by atoms with E-state index in [1.165, 1.54) is 4.90 Å². The summed E-state index contributed by atoms with van der Waals surface area (Å²) in [5.41, 5.74) is 1.26. The van der Waals surface area contributed by atoms with Gasteiger partial charge in [-0.2, -0.15) is 5.26 Å². The number of amides is 3. The summed E-state index contributed by atoms with van der Waals surface area (Å²) in [5, 5.41) is 11.6. The van der Waals surface area contributed by atoms with Crippen LogP contribution in [-0.4, -0.2) is 52.7 Å². The molecule has 0 bridgehead atoms. The van der Waals surface area contributed by atoms with Crippen molar-refractivity contribution in [2.75, 3.05) is 13.1 Å². The summed E-state index contributed by atoms with van der Waals surface area (Å²) in [6.45, 7) is -0.110. The number of hydrogen-bond donors (Lipinski definition) is 1. The standard InChI is InChI=1S/C19H20N4O3/c20-9-10-22(12-5-6-12)16(24)11-21-18(25)17-14-3-1-2-4-15(14)19(26)23(17)13-7-8-13/h1-4,12-13,17H,5-8,10-11H2,(H,21,25). The van der Waals surface area contributed by atoms with Gasteiger partial charge in [-0.15, -0.1) is 0 Å². The Kier molecular flexibility index (Phi) is 4.11. The zero-order valence-corrected chi connectivity index (χ0v) is 14.4. The molecule has 3 amide bonds. The Labute approximate surface area is 151 Å². The van der Waals surface area contributed by atoms with E-state index in [4.69, 9.17) is 5.26 Å². The first-order chi connectivity index (χ1) is 12.6. The predicted molar refractivity (Wildman–Crippen MR) is 91.7 cm³/mol. The number of nitriles is 1. The Balaban J connectivity index is 1.47. The van der Waals surface area contributed by atoms with Crippen LogP contribution in [0, 0.1) is 11.3 Å². The van der Waals surface area contributed by atoms with Gasteiger partial charge in [-0.1, -0.05) is 18.2 Å². The first-order valence-electron chi connectivity index (χ1n) is 8.97. The Morgan fingerprint density at radius 3 is 2.62 bits per heavy atom. The lowest BCUT2D eigenvalue weighted by Crippen LogP contribution is -2.45. The quantitative estimate of drug-likeness (QED) is 0.772. The molecule has 0 saturated heterocycles. The van der Waals surface area contributed by atoms with E-state index in [1.54, 1.807) is 23.1 Å². The van der Waals surface area contributed by atoms with E-state index in [0.29, 0.717) is 11.1 Å². The average Bonchev–Trinajstić information content (AvgIpc) is 3.55. The molecule has 2 saturated carbocycles. The molecule has 1 aromatic rings. The minimum Gasteiger partial charge on any atom is -0.345 e. The first-order valence-corrected chi connectivity index (χ1v) is 8.97. The van der Waals surface area contributed by atoms with Crippen LogP contribution in [0.1, 0.15) is 47.6 Å². The van der Waals surface area contributed by atoms with Crippen LogP contribution in [0.4, 0.5) is 0 Å². The van der Waals surface area contributed by atoms with Crippen molar-refractivity contribution in [1.29, 1.82) is 5.26 Å². The molecule has 134 valence electrons. The lowest BCUT2D eigenvalue weighted by molar-refractivity contribution is -0.134. The van der Waals surface area contributed by atoms with Gasteiger partial charge in [-0.3, -0.25) is 14.4 Å². The van der Waals surface area contributed by atoms with Gasteiger partial charge in [0.15, 0.2) is 0 Å². The summed E-state index contributed by atoms with van der Waals surface area (Å²) in [7, 11) is 0. The highest BCUT2D eigenvalue weighted by molar-refractivity contribution is 6.05. The highest BCUT2D eigenvalue weighted by Gasteiger charge is 2.47. The smallest absolute Gasteiger partial charge is 0.255 e. The topological polar surface area (TPSA) is 93.5 Å². The third-order valence-corrected chi connectivity index (χ3v) is 5.15. The number of nitrogens with zero attached hydrogens (tertiary/aromatic N) is 3. The molecule has 1 unspecified atom stereocenters. The SMILES string of the molecule is N#CCN(C(=O)CNC(=O)C1c2ccccc2C(=O)N1C1CC1)C1CC1. The van der Waals surface area contributed by atoms with Crippen LogP contribution in [0.15, 0.2) is 24.3 Å². The van der Waals surface area contributed by atoms with E-state index in [1.807, 2.05) is 12.1 Å². The molecular weight excluding hydrogens is 332 g/mol. The highest BCUT2D eigenvalue weighted by atomic mass is 16.2. The Hall–Kier alpha value is -2.88. The number of fused-ring (bicyclic) bond motifs is 1. The molecule has 1 atom stereocenters.